The molecule has 1 rings (SSSR count). The molecule has 0 bridgehead atoms. The van der Waals surface area contributed by atoms with E-state index in [1.165, 1.54) is 19.2 Å². The Morgan fingerprint density at radius 1 is 1.24 bits per heavy atom. The van der Waals surface area contributed by atoms with Crippen LogP contribution in [0.1, 0.15) is 37.6 Å². The lowest BCUT2D eigenvalue weighted by molar-refractivity contribution is 0.368. The number of hydrogen-bond acceptors (Lipinski definition) is 1. The molecule has 0 spiro atoms. The molecule has 0 N–H and O–H groups in total. The predicted molar refractivity (Wildman–Crippen MR) is 68.7 cm³/mol. The quantitative estimate of drug-likeness (QED) is 0.726. The van der Waals surface area contributed by atoms with Gasteiger partial charge in [-0.25, -0.2) is 8.78 Å². The summed E-state index contributed by atoms with van der Waals surface area (Å²) in [7, 11) is 1.38. The van der Waals surface area contributed by atoms with Crippen LogP contribution in [0, 0.1) is 17.0 Å². The monoisotopic (exact) mass is 306 g/mol. The summed E-state index contributed by atoms with van der Waals surface area (Å²) in [6, 6.07) is 2.41. The van der Waals surface area contributed by atoms with E-state index in [4.69, 9.17) is 4.74 Å². The van der Waals surface area contributed by atoms with Crippen LogP contribution in [0.5, 0.6) is 5.75 Å². The summed E-state index contributed by atoms with van der Waals surface area (Å²) < 4.78 is 32.4. The molecule has 1 aromatic carbocycles. The van der Waals surface area contributed by atoms with E-state index in [1.54, 1.807) is 0 Å². The summed E-state index contributed by atoms with van der Waals surface area (Å²) in [5.74, 6) is -0.958. The third-order valence-corrected chi connectivity index (χ3v) is 3.17. The third kappa shape index (κ3) is 3.95. The second-order valence-corrected chi connectivity index (χ2v) is 6.34. The summed E-state index contributed by atoms with van der Waals surface area (Å²) in [5, 5.41) is 0. The van der Waals surface area contributed by atoms with Crippen LogP contribution < -0.4 is 4.74 Å². The molecule has 0 aliphatic carbocycles. The molecule has 1 atom stereocenters. The number of alkyl halides is 1. The molecule has 0 aliphatic heterocycles. The summed E-state index contributed by atoms with van der Waals surface area (Å²) >= 11 is 3.35. The average molecular weight is 307 g/mol. The molecule has 0 amide bonds. The molecule has 17 heavy (non-hydrogen) atoms. The molecule has 0 heterocycles. The van der Waals surface area contributed by atoms with Gasteiger partial charge in [-0.3, -0.25) is 0 Å². The number of hydrogen-bond donors (Lipinski definition) is 0. The molecule has 0 fully saturated rings. The second kappa shape index (κ2) is 5.34. The van der Waals surface area contributed by atoms with Crippen molar-refractivity contribution in [2.75, 3.05) is 7.11 Å². The number of benzene rings is 1. The van der Waals surface area contributed by atoms with Gasteiger partial charge >= 0.3 is 0 Å². The third-order valence-electron chi connectivity index (χ3n) is 2.39. The molecule has 0 aromatic heterocycles. The first-order valence-electron chi connectivity index (χ1n) is 5.41. The molecule has 1 unspecified atom stereocenters. The Morgan fingerprint density at radius 2 is 1.71 bits per heavy atom. The fourth-order valence-electron chi connectivity index (χ4n) is 1.62. The van der Waals surface area contributed by atoms with Crippen LogP contribution in [0.2, 0.25) is 0 Å². The average Bonchev–Trinajstić information content (AvgIpc) is 2.13. The summed E-state index contributed by atoms with van der Waals surface area (Å²) in [6.07, 6.45) is 0.646. The SMILES string of the molecule is COc1cc(F)c(C(Br)CC(C)(C)C)c(F)c1. The van der Waals surface area contributed by atoms with Gasteiger partial charge in [0.15, 0.2) is 0 Å². The van der Waals surface area contributed by atoms with E-state index in [0.29, 0.717) is 6.42 Å². The van der Waals surface area contributed by atoms with E-state index >= 15 is 0 Å². The first-order chi connectivity index (χ1) is 7.74. The molecule has 0 radical (unpaired) electrons. The molecule has 0 aliphatic rings. The zero-order valence-electron chi connectivity index (χ0n) is 10.5. The van der Waals surface area contributed by atoms with Crippen molar-refractivity contribution in [1.82, 2.24) is 0 Å². The highest BCUT2D eigenvalue weighted by molar-refractivity contribution is 9.09. The Morgan fingerprint density at radius 3 is 2.06 bits per heavy atom. The second-order valence-electron chi connectivity index (χ2n) is 5.24. The number of methoxy groups -OCH3 is 1. The van der Waals surface area contributed by atoms with Crippen LogP contribution >= 0.6 is 15.9 Å². The minimum absolute atomic E-state index is 0.00697. The van der Waals surface area contributed by atoms with E-state index in [1.807, 2.05) is 20.8 Å². The number of ether oxygens (including phenoxy) is 1. The van der Waals surface area contributed by atoms with Crippen LogP contribution in [0.15, 0.2) is 12.1 Å². The van der Waals surface area contributed by atoms with Crippen molar-refractivity contribution in [3.63, 3.8) is 0 Å². The van der Waals surface area contributed by atoms with Crippen LogP contribution in [-0.4, -0.2) is 7.11 Å². The Labute approximate surface area is 109 Å². The Bertz CT molecular complexity index is 376. The Hall–Kier alpha value is -0.640. The van der Waals surface area contributed by atoms with Gasteiger partial charge in [-0.05, 0) is 11.8 Å². The van der Waals surface area contributed by atoms with Gasteiger partial charge in [-0.15, -0.1) is 0 Å². The zero-order valence-corrected chi connectivity index (χ0v) is 12.1. The van der Waals surface area contributed by atoms with E-state index in [0.717, 1.165) is 0 Å². The van der Waals surface area contributed by atoms with Gasteiger partial charge in [-0.2, -0.15) is 0 Å². The number of rotatable bonds is 3. The van der Waals surface area contributed by atoms with Gasteiger partial charge in [0.25, 0.3) is 0 Å². The van der Waals surface area contributed by atoms with Gasteiger partial charge in [-0.1, -0.05) is 36.7 Å². The van der Waals surface area contributed by atoms with Crippen molar-refractivity contribution in [3.8, 4) is 5.75 Å². The van der Waals surface area contributed by atoms with Gasteiger partial charge in [0, 0.05) is 22.5 Å². The van der Waals surface area contributed by atoms with E-state index in [9.17, 15) is 8.78 Å². The Kier molecular flexibility index (Phi) is 4.53. The Balaban J connectivity index is 3.06. The van der Waals surface area contributed by atoms with Crippen LogP contribution in [0.25, 0.3) is 0 Å². The largest absolute Gasteiger partial charge is 0.497 e. The van der Waals surface area contributed by atoms with Crippen molar-refractivity contribution in [3.05, 3.63) is 29.3 Å². The maximum Gasteiger partial charge on any atom is 0.134 e. The molecular formula is C13H17BrF2O. The highest BCUT2D eigenvalue weighted by Gasteiger charge is 2.24. The standard InChI is InChI=1S/C13H17BrF2O/c1-13(2,3)7-9(14)12-10(15)5-8(17-4)6-11(12)16/h5-6,9H,7H2,1-4H3. The zero-order chi connectivity index (χ0) is 13.2. The fourth-order valence-corrected chi connectivity index (χ4v) is 3.03. The molecule has 1 nitrogen and oxygen atoms in total. The maximum atomic E-state index is 13.8. The normalized spacial score (nSPS) is 13.6. The number of halogens is 3. The van der Waals surface area contributed by atoms with Crippen LogP contribution in [0.3, 0.4) is 0 Å². The molecule has 0 saturated heterocycles. The highest BCUT2D eigenvalue weighted by Crippen LogP contribution is 2.38. The molecule has 4 heteroatoms. The van der Waals surface area contributed by atoms with Gasteiger partial charge < -0.3 is 4.74 Å². The van der Waals surface area contributed by atoms with Crippen molar-refractivity contribution in [2.24, 2.45) is 5.41 Å². The minimum atomic E-state index is -0.576. The lowest BCUT2D eigenvalue weighted by atomic mass is 9.88. The smallest absolute Gasteiger partial charge is 0.134 e. The van der Waals surface area contributed by atoms with E-state index in [2.05, 4.69) is 15.9 Å². The lowest BCUT2D eigenvalue weighted by Crippen LogP contribution is -2.10. The van der Waals surface area contributed by atoms with Crippen LogP contribution in [0.4, 0.5) is 8.78 Å². The maximum absolute atomic E-state index is 13.8. The topological polar surface area (TPSA) is 9.23 Å². The van der Waals surface area contributed by atoms with E-state index in [-0.39, 0.29) is 21.6 Å². The summed E-state index contributed by atoms with van der Waals surface area (Å²) in [5.41, 5.74) is 0.0631. The van der Waals surface area contributed by atoms with E-state index < -0.39 is 11.6 Å². The highest BCUT2D eigenvalue weighted by atomic mass is 79.9. The molecule has 96 valence electrons. The summed E-state index contributed by atoms with van der Waals surface area (Å²) in [4.78, 5) is -0.339. The van der Waals surface area contributed by atoms with Gasteiger partial charge in [0.1, 0.15) is 17.4 Å². The van der Waals surface area contributed by atoms with Crippen molar-refractivity contribution < 1.29 is 13.5 Å². The van der Waals surface area contributed by atoms with Gasteiger partial charge in [0.05, 0.1) is 7.11 Å². The molecule has 1 aromatic rings. The fraction of sp³-hybridized carbons (Fsp3) is 0.538. The van der Waals surface area contributed by atoms with Crippen molar-refractivity contribution in [1.29, 1.82) is 0 Å². The van der Waals surface area contributed by atoms with Crippen molar-refractivity contribution >= 4 is 15.9 Å². The first kappa shape index (κ1) is 14.4. The molecular weight excluding hydrogens is 290 g/mol. The summed E-state index contributed by atoms with van der Waals surface area (Å²) in [6.45, 7) is 6.09. The van der Waals surface area contributed by atoms with Crippen LogP contribution in [-0.2, 0) is 0 Å². The van der Waals surface area contributed by atoms with Crippen molar-refractivity contribution in [2.45, 2.75) is 32.0 Å². The lowest BCUT2D eigenvalue weighted by Gasteiger charge is -2.23. The minimum Gasteiger partial charge on any atom is -0.497 e. The van der Waals surface area contributed by atoms with Gasteiger partial charge in [0.2, 0.25) is 0 Å². The predicted octanol–water partition coefficient (Wildman–Crippen LogP) is 4.85. The first-order valence-corrected chi connectivity index (χ1v) is 6.33. The molecule has 0 saturated carbocycles.